The van der Waals surface area contributed by atoms with Crippen LogP contribution < -0.4 is 0 Å². The molecule has 1 heterocycles. The highest BCUT2D eigenvalue weighted by Crippen LogP contribution is 2.36. The molecule has 1 aromatic carbocycles. The van der Waals surface area contributed by atoms with Gasteiger partial charge >= 0.3 is 5.97 Å². The SMILES string of the molecule is O=C(O)Cc1cccc(C2(F)CCOCC2)c1. The molecule has 0 aliphatic carbocycles. The van der Waals surface area contributed by atoms with E-state index < -0.39 is 11.6 Å². The predicted octanol–water partition coefficient (Wildman–Crippen LogP) is 2.29. The van der Waals surface area contributed by atoms with Crippen molar-refractivity contribution in [3.05, 3.63) is 35.4 Å². The number of carboxylic acid groups (broad SMARTS) is 1. The van der Waals surface area contributed by atoms with Crippen molar-refractivity contribution in [2.24, 2.45) is 0 Å². The third kappa shape index (κ3) is 2.82. The number of aliphatic carboxylic acids is 1. The molecule has 1 aromatic rings. The Kier molecular flexibility index (Phi) is 3.43. The molecule has 1 aliphatic rings. The predicted molar refractivity (Wildman–Crippen MR) is 60.6 cm³/mol. The Labute approximate surface area is 99.2 Å². The number of hydrogen-bond donors (Lipinski definition) is 1. The Balaban J connectivity index is 2.22. The van der Waals surface area contributed by atoms with Gasteiger partial charge in [0.15, 0.2) is 0 Å². The second-order valence-electron chi connectivity index (χ2n) is 4.35. The summed E-state index contributed by atoms with van der Waals surface area (Å²) in [5.74, 6) is -0.901. The molecular weight excluding hydrogens is 223 g/mol. The van der Waals surface area contributed by atoms with E-state index in [0.717, 1.165) is 0 Å². The molecule has 3 nitrogen and oxygen atoms in total. The summed E-state index contributed by atoms with van der Waals surface area (Å²) in [6.07, 6.45) is 0.605. The number of hydrogen-bond acceptors (Lipinski definition) is 2. The lowest BCUT2D eigenvalue weighted by Gasteiger charge is -2.30. The summed E-state index contributed by atoms with van der Waals surface area (Å²) in [5, 5.41) is 8.72. The molecule has 0 aromatic heterocycles. The van der Waals surface area contributed by atoms with E-state index in [0.29, 0.717) is 37.2 Å². The molecule has 0 spiro atoms. The summed E-state index contributed by atoms with van der Waals surface area (Å²) in [7, 11) is 0. The first-order chi connectivity index (χ1) is 8.10. The average Bonchev–Trinajstić information content (AvgIpc) is 2.29. The van der Waals surface area contributed by atoms with Crippen LogP contribution >= 0.6 is 0 Å². The molecule has 1 aliphatic heterocycles. The monoisotopic (exact) mass is 238 g/mol. The van der Waals surface area contributed by atoms with Crippen molar-refractivity contribution < 1.29 is 19.0 Å². The average molecular weight is 238 g/mol. The first-order valence-corrected chi connectivity index (χ1v) is 5.68. The van der Waals surface area contributed by atoms with Crippen molar-refractivity contribution in [1.82, 2.24) is 0 Å². The minimum absolute atomic E-state index is 0.0690. The van der Waals surface area contributed by atoms with Crippen LogP contribution in [0.1, 0.15) is 24.0 Å². The van der Waals surface area contributed by atoms with Gasteiger partial charge in [-0.05, 0) is 11.1 Å². The number of carboxylic acids is 1. The summed E-state index contributed by atoms with van der Waals surface area (Å²) >= 11 is 0. The maximum Gasteiger partial charge on any atom is 0.307 e. The van der Waals surface area contributed by atoms with Crippen molar-refractivity contribution in [3.8, 4) is 0 Å². The van der Waals surface area contributed by atoms with E-state index in [2.05, 4.69) is 0 Å². The normalized spacial score (nSPS) is 18.9. The highest BCUT2D eigenvalue weighted by atomic mass is 19.1. The van der Waals surface area contributed by atoms with Crippen LogP contribution in [0, 0.1) is 0 Å². The van der Waals surface area contributed by atoms with Gasteiger partial charge in [0.05, 0.1) is 6.42 Å². The van der Waals surface area contributed by atoms with E-state index in [1.165, 1.54) is 0 Å². The Morgan fingerprint density at radius 3 is 2.76 bits per heavy atom. The van der Waals surface area contributed by atoms with Crippen LogP contribution in [0.3, 0.4) is 0 Å². The van der Waals surface area contributed by atoms with Gasteiger partial charge in [0.25, 0.3) is 0 Å². The summed E-state index contributed by atoms with van der Waals surface area (Å²) in [6.45, 7) is 0.833. The van der Waals surface area contributed by atoms with Crippen molar-refractivity contribution in [2.75, 3.05) is 13.2 Å². The van der Waals surface area contributed by atoms with E-state index in [9.17, 15) is 9.18 Å². The fraction of sp³-hybridized carbons (Fsp3) is 0.462. The number of rotatable bonds is 3. The molecule has 92 valence electrons. The number of benzene rings is 1. The molecule has 0 atom stereocenters. The van der Waals surface area contributed by atoms with E-state index in [1.54, 1.807) is 24.3 Å². The zero-order valence-corrected chi connectivity index (χ0v) is 9.49. The van der Waals surface area contributed by atoms with Gasteiger partial charge in [-0.15, -0.1) is 0 Å². The molecule has 1 saturated heterocycles. The van der Waals surface area contributed by atoms with Crippen LogP contribution in [0.25, 0.3) is 0 Å². The molecule has 0 unspecified atom stereocenters. The lowest BCUT2D eigenvalue weighted by atomic mass is 9.87. The first-order valence-electron chi connectivity index (χ1n) is 5.68. The summed E-state index contributed by atoms with van der Waals surface area (Å²) < 4.78 is 19.7. The van der Waals surface area contributed by atoms with Crippen LogP contribution in [-0.4, -0.2) is 24.3 Å². The molecule has 0 saturated carbocycles. The van der Waals surface area contributed by atoms with Crippen LogP contribution in [0.4, 0.5) is 4.39 Å². The largest absolute Gasteiger partial charge is 0.481 e. The molecule has 4 heteroatoms. The van der Waals surface area contributed by atoms with Crippen molar-refractivity contribution >= 4 is 5.97 Å². The van der Waals surface area contributed by atoms with Crippen molar-refractivity contribution in [2.45, 2.75) is 24.9 Å². The van der Waals surface area contributed by atoms with Gasteiger partial charge in [0.1, 0.15) is 5.67 Å². The fourth-order valence-corrected chi connectivity index (χ4v) is 2.12. The highest BCUT2D eigenvalue weighted by Gasteiger charge is 2.34. The first kappa shape index (κ1) is 12.0. The zero-order valence-electron chi connectivity index (χ0n) is 9.49. The van der Waals surface area contributed by atoms with Gasteiger partial charge < -0.3 is 9.84 Å². The van der Waals surface area contributed by atoms with E-state index in [-0.39, 0.29) is 6.42 Å². The van der Waals surface area contributed by atoms with Crippen molar-refractivity contribution in [3.63, 3.8) is 0 Å². The maximum absolute atomic E-state index is 14.6. The number of ether oxygens (including phenoxy) is 1. The summed E-state index contributed by atoms with van der Waals surface area (Å²) in [4.78, 5) is 10.6. The van der Waals surface area contributed by atoms with Gasteiger partial charge in [-0.3, -0.25) is 4.79 Å². The van der Waals surface area contributed by atoms with Crippen LogP contribution in [0.2, 0.25) is 0 Å². The molecule has 0 radical (unpaired) electrons. The number of halogens is 1. The number of alkyl halides is 1. The zero-order chi connectivity index (χ0) is 12.3. The third-order valence-electron chi connectivity index (χ3n) is 3.09. The molecule has 0 amide bonds. The van der Waals surface area contributed by atoms with Crippen LogP contribution in [0.5, 0.6) is 0 Å². The molecule has 1 fully saturated rings. The van der Waals surface area contributed by atoms with Gasteiger partial charge in [-0.2, -0.15) is 0 Å². The van der Waals surface area contributed by atoms with E-state index in [4.69, 9.17) is 9.84 Å². The molecule has 17 heavy (non-hydrogen) atoms. The Morgan fingerprint density at radius 2 is 2.12 bits per heavy atom. The van der Waals surface area contributed by atoms with Gasteiger partial charge in [0.2, 0.25) is 0 Å². The van der Waals surface area contributed by atoms with E-state index in [1.807, 2.05) is 0 Å². The van der Waals surface area contributed by atoms with Gasteiger partial charge in [-0.25, -0.2) is 4.39 Å². The van der Waals surface area contributed by atoms with Gasteiger partial charge in [0, 0.05) is 26.1 Å². The maximum atomic E-state index is 14.6. The van der Waals surface area contributed by atoms with Crippen LogP contribution in [0.15, 0.2) is 24.3 Å². The Hall–Kier alpha value is -1.42. The Morgan fingerprint density at radius 1 is 1.41 bits per heavy atom. The fourth-order valence-electron chi connectivity index (χ4n) is 2.12. The lowest BCUT2D eigenvalue weighted by Crippen LogP contribution is -2.29. The minimum Gasteiger partial charge on any atom is -0.481 e. The molecule has 1 N–H and O–H groups in total. The van der Waals surface area contributed by atoms with E-state index >= 15 is 0 Å². The highest BCUT2D eigenvalue weighted by molar-refractivity contribution is 5.70. The Bertz CT molecular complexity index is 411. The minimum atomic E-state index is -1.37. The molecular formula is C13H15FO3. The molecule has 2 rings (SSSR count). The summed E-state index contributed by atoms with van der Waals surface area (Å²) in [6, 6.07) is 6.79. The van der Waals surface area contributed by atoms with Crippen LogP contribution in [-0.2, 0) is 21.6 Å². The smallest absolute Gasteiger partial charge is 0.307 e. The lowest BCUT2D eigenvalue weighted by molar-refractivity contribution is -0.136. The second-order valence-corrected chi connectivity index (χ2v) is 4.35. The van der Waals surface area contributed by atoms with Gasteiger partial charge in [-0.1, -0.05) is 24.3 Å². The molecule has 0 bridgehead atoms. The summed E-state index contributed by atoms with van der Waals surface area (Å²) in [5.41, 5.74) is -0.162. The second kappa shape index (κ2) is 4.84. The quantitative estimate of drug-likeness (QED) is 0.878. The topological polar surface area (TPSA) is 46.5 Å². The number of carbonyl (C=O) groups is 1. The standard InChI is InChI=1S/C13H15FO3/c14-13(4-6-17-7-5-13)11-3-1-2-10(8-11)9-12(15)16/h1-3,8H,4-7,9H2,(H,15,16). The third-order valence-corrected chi connectivity index (χ3v) is 3.09. The van der Waals surface area contributed by atoms with Crippen molar-refractivity contribution in [1.29, 1.82) is 0 Å².